The molecule has 0 fully saturated rings. The van der Waals surface area contributed by atoms with Gasteiger partial charge in [0.25, 0.3) is 0 Å². The molecule has 140 valence electrons. The molecule has 0 aliphatic carbocycles. The van der Waals surface area contributed by atoms with Crippen molar-refractivity contribution in [1.29, 1.82) is 0 Å². The maximum atomic E-state index is 5.79. The van der Waals surface area contributed by atoms with E-state index in [9.17, 15) is 0 Å². The average Bonchev–Trinajstić information content (AvgIpc) is 3.30. The number of aromatic nitrogens is 2. The number of rotatable bonds is 8. The Morgan fingerprint density at radius 2 is 1.22 bits per heavy atom. The number of hydrogen-bond acceptors (Lipinski definition) is 6. The summed E-state index contributed by atoms with van der Waals surface area (Å²) in [5.74, 6) is 1.55. The molecule has 6 heteroatoms. The van der Waals surface area contributed by atoms with Crippen molar-refractivity contribution < 1.29 is 18.5 Å². The molecule has 2 aromatic carbocycles. The third-order valence-electron chi connectivity index (χ3n) is 4.53. The van der Waals surface area contributed by atoms with Gasteiger partial charge in [0.05, 0.1) is 24.6 Å². The van der Waals surface area contributed by atoms with E-state index in [1.54, 1.807) is 0 Å². The maximum Gasteiger partial charge on any atom is 0.170 e. The van der Waals surface area contributed by atoms with Gasteiger partial charge in [0, 0.05) is 29.3 Å². The third kappa shape index (κ3) is 3.60. The molecule has 0 unspecified atom stereocenters. The van der Waals surface area contributed by atoms with Gasteiger partial charge in [0.2, 0.25) is 0 Å². The average molecular weight is 366 g/mol. The Bertz CT molecular complexity index is 967. The van der Waals surface area contributed by atoms with Gasteiger partial charge in [-0.25, -0.2) is 0 Å². The van der Waals surface area contributed by atoms with E-state index in [1.807, 2.05) is 36.4 Å². The van der Waals surface area contributed by atoms with Crippen molar-refractivity contribution in [3.63, 3.8) is 0 Å². The van der Waals surface area contributed by atoms with Crippen LogP contribution in [-0.2, 0) is 12.8 Å². The Labute approximate surface area is 157 Å². The predicted octanol–water partition coefficient (Wildman–Crippen LogP) is 4.94. The van der Waals surface area contributed by atoms with Crippen molar-refractivity contribution in [3.8, 4) is 11.5 Å². The summed E-state index contributed by atoms with van der Waals surface area (Å²) in [7, 11) is 0. The van der Waals surface area contributed by atoms with Crippen molar-refractivity contribution in [3.05, 3.63) is 47.8 Å². The highest BCUT2D eigenvalue weighted by Gasteiger charge is 2.09. The van der Waals surface area contributed by atoms with E-state index in [0.29, 0.717) is 13.2 Å². The van der Waals surface area contributed by atoms with Crippen molar-refractivity contribution in [2.75, 3.05) is 13.2 Å². The predicted molar refractivity (Wildman–Crippen MR) is 102 cm³/mol. The van der Waals surface area contributed by atoms with Crippen LogP contribution in [0.25, 0.3) is 21.9 Å². The summed E-state index contributed by atoms with van der Waals surface area (Å²) in [6.07, 6.45) is 2.47. The Hall–Kier alpha value is -3.02. The number of nitrogens with zero attached hydrogens (tertiary/aromatic N) is 2. The molecule has 0 bridgehead atoms. The van der Waals surface area contributed by atoms with Gasteiger partial charge >= 0.3 is 0 Å². The number of ether oxygens (including phenoxy) is 2. The second kappa shape index (κ2) is 7.70. The van der Waals surface area contributed by atoms with E-state index >= 15 is 0 Å². The second-order valence-electron chi connectivity index (χ2n) is 6.33. The van der Waals surface area contributed by atoms with Crippen molar-refractivity contribution in [1.82, 2.24) is 10.3 Å². The molecule has 4 aromatic rings. The zero-order valence-corrected chi connectivity index (χ0v) is 15.5. The van der Waals surface area contributed by atoms with E-state index in [2.05, 4.69) is 24.2 Å². The maximum absolute atomic E-state index is 5.79. The summed E-state index contributed by atoms with van der Waals surface area (Å²) in [5, 5.41) is 10.2. The fourth-order valence-corrected chi connectivity index (χ4v) is 3.07. The third-order valence-corrected chi connectivity index (χ3v) is 4.53. The number of aryl methyl sites for hydroxylation is 2. The minimum Gasteiger partial charge on any atom is -0.493 e. The van der Waals surface area contributed by atoms with Gasteiger partial charge in [0.1, 0.15) is 11.5 Å². The van der Waals surface area contributed by atoms with Crippen LogP contribution in [-0.4, -0.2) is 23.5 Å². The summed E-state index contributed by atoms with van der Waals surface area (Å²) < 4.78 is 22.3. The van der Waals surface area contributed by atoms with Crippen LogP contribution in [0, 0.1) is 0 Å². The van der Waals surface area contributed by atoms with Gasteiger partial charge < -0.3 is 18.5 Å². The van der Waals surface area contributed by atoms with Crippen LogP contribution >= 0.6 is 0 Å². The minimum atomic E-state index is 0.560. The van der Waals surface area contributed by atoms with Crippen molar-refractivity contribution in [2.45, 2.75) is 33.1 Å². The van der Waals surface area contributed by atoms with E-state index in [0.717, 1.165) is 64.1 Å². The van der Waals surface area contributed by atoms with E-state index in [1.165, 1.54) is 0 Å². The highest BCUT2D eigenvalue weighted by molar-refractivity contribution is 5.81. The summed E-state index contributed by atoms with van der Waals surface area (Å²) in [6, 6.07) is 11.6. The van der Waals surface area contributed by atoms with Gasteiger partial charge in [-0.15, -0.1) is 0 Å². The molecule has 0 amide bonds. The first-order chi connectivity index (χ1) is 13.3. The first-order valence-electron chi connectivity index (χ1n) is 9.30. The standard InChI is InChI=1S/C21H22N2O4/c1-3-18-16-8-6-14(12-20(16)26-22-18)24-10-5-11-25-15-7-9-17-19(4-2)23-27-21(17)13-15/h6-9,12-13H,3-5,10-11H2,1-2H3. The van der Waals surface area contributed by atoms with Crippen LogP contribution in [0.5, 0.6) is 11.5 Å². The molecule has 6 nitrogen and oxygen atoms in total. The van der Waals surface area contributed by atoms with Crippen LogP contribution in [0.15, 0.2) is 45.4 Å². The Balaban J connectivity index is 1.28. The molecular formula is C21H22N2O4. The second-order valence-corrected chi connectivity index (χ2v) is 6.33. The van der Waals surface area contributed by atoms with Crippen LogP contribution in [0.1, 0.15) is 31.7 Å². The molecule has 0 saturated heterocycles. The molecule has 2 aromatic heterocycles. The molecular weight excluding hydrogens is 344 g/mol. The summed E-state index contributed by atoms with van der Waals surface area (Å²) in [4.78, 5) is 0. The summed E-state index contributed by atoms with van der Waals surface area (Å²) in [6.45, 7) is 5.24. The lowest BCUT2D eigenvalue weighted by Gasteiger charge is -2.08. The van der Waals surface area contributed by atoms with Gasteiger partial charge in [-0.2, -0.15) is 0 Å². The van der Waals surface area contributed by atoms with Crippen LogP contribution in [0.4, 0.5) is 0 Å². The molecule has 27 heavy (non-hydrogen) atoms. The number of benzene rings is 2. The van der Waals surface area contributed by atoms with Gasteiger partial charge in [-0.3, -0.25) is 0 Å². The van der Waals surface area contributed by atoms with Crippen molar-refractivity contribution in [2.24, 2.45) is 0 Å². The lowest BCUT2D eigenvalue weighted by atomic mass is 10.2. The molecule has 0 N–H and O–H groups in total. The molecule has 0 spiro atoms. The fraction of sp³-hybridized carbons (Fsp3) is 0.333. The topological polar surface area (TPSA) is 70.5 Å². The molecule has 0 aliphatic heterocycles. The smallest absolute Gasteiger partial charge is 0.170 e. The minimum absolute atomic E-state index is 0.560. The molecule has 0 aliphatic rings. The SMILES string of the molecule is CCc1noc2cc(OCCCOc3ccc4c(CC)noc4c3)ccc12. The zero-order valence-electron chi connectivity index (χ0n) is 15.5. The van der Waals surface area contributed by atoms with Crippen LogP contribution < -0.4 is 9.47 Å². The Morgan fingerprint density at radius 1 is 0.741 bits per heavy atom. The normalized spacial score (nSPS) is 11.3. The van der Waals surface area contributed by atoms with Crippen LogP contribution in [0.2, 0.25) is 0 Å². The molecule has 0 radical (unpaired) electrons. The van der Waals surface area contributed by atoms with Gasteiger partial charge in [-0.05, 0) is 37.1 Å². The highest BCUT2D eigenvalue weighted by atomic mass is 16.5. The molecule has 4 rings (SSSR count). The monoisotopic (exact) mass is 366 g/mol. The first kappa shape index (κ1) is 17.4. The highest BCUT2D eigenvalue weighted by Crippen LogP contribution is 2.25. The Kier molecular flexibility index (Phi) is 4.96. The first-order valence-corrected chi connectivity index (χ1v) is 9.30. The molecule has 0 atom stereocenters. The van der Waals surface area contributed by atoms with E-state index < -0.39 is 0 Å². The largest absolute Gasteiger partial charge is 0.493 e. The zero-order chi connectivity index (χ0) is 18.6. The summed E-state index contributed by atoms with van der Waals surface area (Å²) in [5.41, 5.74) is 3.46. The van der Waals surface area contributed by atoms with Crippen molar-refractivity contribution >= 4 is 21.9 Å². The van der Waals surface area contributed by atoms with Gasteiger partial charge in [-0.1, -0.05) is 24.2 Å². The van der Waals surface area contributed by atoms with Gasteiger partial charge in [0.15, 0.2) is 11.2 Å². The summed E-state index contributed by atoms with van der Waals surface area (Å²) >= 11 is 0. The quantitative estimate of drug-likeness (QED) is 0.411. The molecule has 0 saturated carbocycles. The van der Waals surface area contributed by atoms with Crippen LogP contribution in [0.3, 0.4) is 0 Å². The number of hydrogen-bond donors (Lipinski definition) is 0. The number of fused-ring (bicyclic) bond motifs is 2. The van der Waals surface area contributed by atoms with E-state index in [4.69, 9.17) is 18.5 Å². The fourth-order valence-electron chi connectivity index (χ4n) is 3.07. The lowest BCUT2D eigenvalue weighted by molar-refractivity contribution is 0.247. The Morgan fingerprint density at radius 3 is 1.67 bits per heavy atom. The van der Waals surface area contributed by atoms with E-state index in [-0.39, 0.29) is 0 Å². The molecule has 2 heterocycles. The lowest BCUT2D eigenvalue weighted by Crippen LogP contribution is -2.04.